The summed E-state index contributed by atoms with van der Waals surface area (Å²) >= 11 is 5.89. The molecule has 7 heteroatoms. The highest BCUT2D eigenvalue weighted by molar-refractivity contribution is 6.46. The average molecular weight is 413 g/mol. The molecule has 2 aromatic rings. The number of nitrogens with zero attached hydrogens (tertiary/aromatic N) is 1. The summed E-state index contributed by atoms with van der Waals surface area (Å²) in [6.07, 6.45) is -0.0977. The summed E-state index contributed by atoms with van der Waals surface area (Å²) < 4.78 is 0. The lowest BCUT2D eigenvalue weighted by atomic mass is 9.94. The van der Waals surface area contributed by atoms with Crippen LogP contribution in [0.4, 0.5) is 0 Å². The number of amides is 1. The van der Waals surface area contributed by atoms with Crippen LogP contribution in [0.5, 0.6) is 0 Å². The maximum absolute atomic E-state index is 12.8. The minimum absolute atomic E-state index is 0.0328. The zero-order valence-electron chi connectivity index (χ0n) is 15.7. The van der Waals surface area contributed by atoms with E-state index in [2.05, 4.69) is 0 Å². The molecule has 3 rings (SSSR count). The number of carboxylic acids is 1. The Labute approximate surface area is 173 Å². The van der Waals surface area contributed by atoms with Crippen molar-refractivity contribution in [3.63, 3.8) is 0 Å². The van der Waals surface area contributed by atoms with Crippen LogP contribution in [0.25, 0.3) is 5.76 Å². The smallest absolute Gasteiger partial charge is 0.295 e. The summed E-state index contributed by atoms with van der Waals surface area (Å²) in [6.45, 7) is 1.96. The number of halogens is 1. The van der Waals surface area contributed by atoms with Crippen molar-refractivity contribution in [2.75, 3.05) is 6.54 Å². The topological polar surface area (TPSA) is 97.7 Å². The summed E-state index contributed by atoms with van der Waals surface area (Å²) in [7, 11) is 0. The number of Topliss-reactive ketones (excluding diaryl/α,β-unsaturated/α-hetero) is 1. The Balaban J connectivity index is 2.08. The largest absolute Gasteiger partial charge is 0.550 e. The fraction of sp³-hybridized carbons (Fsp3) is 0.227. The predicted molar refractivity (Wildman–Crippen MR) is 106 cm³/mol. The molecule has 1 aliphatic heterocycles. The second-order valence-corrected chi connectivity index (χ2v) is 7.32. The number of likely N-dealkylation sites (tertiary alicyclic amines) is 1. The fourth-order valence-corrected chi connectivity index (χ4v) is 3.49. The number of aliphatic hydroxyl groups excluding tert-OH is 1. The van der Waals surface area contributed by atoms with Gasteiger partial charge < -0.3 is 19.9 Å². The zero-order chi connectivity index (χ0) is 21.1. The number of aliphatic carboxylic acids is 1. The predicted octanol–water partition coefficient (Wildman–Crippen LogP) is 2.60. The Morgan fingerprint density at radius 1 is 1.10 bits per heavy atom. The highest BCUT2D eigenvalue weighted by atomic mass is 35.5. The van der Waals surface area contributed by atoms with Crippen LogP contribution in [0.2, 0.25) is 5.02 Å². The van der Waals surface area contributed by atoms with Gasteiger partial charge in [-0.3, -0.25) is 9.59 Å². The Morgan fingerprint density at radius 3 is 2.31 bits per heavy atom. The van der Waals surface area contributed by atoms with Crippen LogP contribution in [0, 0.1) is 6.92 Å². The summed E-state index contributed by atoms with van der Waals surface area (Å²) in [5.41, 5.74) is 1.98. The molecule has 0 aromatic heterocycles. The lowest BCUT2D eigenvalue weighted by Gasteiger charge is -2.25. The molecule has 29 heavy (non-hydrogen) atoms. The van der Waals surface area contributed by atoms with E-state index in [0.29, 0.717) is 16.1 Å². The maximum atomic E-state index is 12.8. The number of hydrogen-bond donors (Lipinski definition) is 1. The van der Waals surface area contributed by atoms with Gasteiger partial charge in [0.15, 0.2) is 0 Å². The highest BCUT2D eigenvalue weighted by Crippen LogP contribution is 2.39. The first-order valence-electron chi connectivity index (χ1n) is 9.10. The summed E-state index contributed by atoms with van der Waals surface area (Å²) in [5, 5.41) is 22.1. The molecule has 1 amide bonds. The van der Waals surface area contributed by atoms with Gasteiger partial charge in [0.05, 0.1) is 11.6 Å². The molecule has 1 atom stereocenters. The van der Waals surface area contributed by atoms with Gasteiger partial charge in [-0.2, -0.15) is 0 Å². The number of benzene rings is 2. The van der Waals surface area contributed by atoms with Gasteiger partial charge in [0.2, 0.25) is 0 Å². The van der Waals surface area contributed by atoms with Gasteiger partial charge in [-0.05, 0) is 49.6 Å². The molecular weight excluding hydrogens is 394 g/mol. The number of hydrogen-bond acceptors (Lipinski definition) is 5. The number of carboxylic acid groups (broad SMARTS) is 1. The van der Waals surface area contributed by atoms with E-state index in [1.54, 1.807) is 36.4 Å². The van der Waals surface area contributed by atoms with Gasteiger partial charge in [-0.1, -0.05) is 41.4 Å². The minimum atomic E-state index is -1.23. The van der Waals surface area contributed by atoms with Crippen molar-refractivity contribution in [3.05, 3.63) is 75.8 Å². The van der Waals surface area contributed by atoms with Crippen LogP contribution in [0.15, 0.2) is 54.1 Å². The van der Waals surface area contributed by atoms with Crippen LogP contribution in [0.1, 0.15) is 35.6 Å². The third-order valence-corrected chi connectivity index (χ3v) is 5.08. The van der Waals surface area contributed by atoms with E-state index >= 15 is 0 Å². The lowest BCUT2D eigenvalue weighted by molar-refractivity contribution is -0.305. The summed E-state index contributed by atoms with van der Waals surface area (Å²) in [4.78, 5) is 37.5. The van der Waals surface area contributed by atoms with Crippen LogP contribution >= 0.6 is 11.6 Å². The lowest BCUT2D eigenvalue weighted by Crippen LogP contribution is -2.32. The molecule has 0 unspecified atom stereocenters. The van der Waals surface area contributed by atoms with Gasteiger partial charge in [0.1, 0.15) is 5.76 Å². The standard InChI is InChI=1S/C22H20ClNO5/c1-13-4-6-14(7-5-13)19-18(20(27)15-8-10-16(23)11-9-15)21(28)22(29)24(19)12-2-3-17(25)26/h4-11,19,27H,2-3,12H2,1H3,(H,25,26)/p-1/t19-/m0/s1. The molecule has 0 spiro atoms. The number of ketones is 1. The van der Waals surface area contributed by atoms with Crippen LogP contribution in [0.3, 0.4) is 0 Å². The molecule has 1 saturated heterocycles. The molecule has 6 nitrogen and oxygen atoms in total. The van der Waals surface area contributed by atoms with E-state index in [1.165, 1.54) is 4.90 Å². The molecule has 0 aliphatic carbocycles. The maximum Gasteiger partial charge on any atom is 0.295 e. The van der Waals surface area contributed by atoms with Crippen molar-refractivity contribution >= 4 is 35.0 Å². The molecular formula is C22H19ClNO5-. The Kier molecular flexibility index (Phi) is 6.03. The first kappa shape index (κ1) is 20.6. The first-order chi connectivity index (χ1) is 13.8. The Hall–Kier alpha value is -3.12. The second kappa shape index (κ2) is 8.49. The molecule has 1 fully saturated rings. The van der Waals surface area contributed by atoms with Crippen molar-refractivity contribution in [2.24, 2.45) is 0 Å². The fourth-order valence-electron chi connectivity index (χ4n) is 3.36. The van der Waals surface area contributed by atoms with Crippen LogP contribution in [-0.4, -0.2) is 34.2 Å². The molecule has 1 N–H and O–H groups in total. The second-order valence-electron chi connectivity index (χ2n) is 6.89. The molecule has 0 bridgehead atoms. The van der Waals surface area contributed by atoms with E-state index in [0.717, 1.165) is 5.56 Å². The molecule has 150 valence electrons. The van der Waals surface area contributed by atoms with Gasteiger partial charge in [-0.25, -0.2) is 0 Å². The third-order valence-electron chi connectivity index (χ3n) is 4.83. The average Bonchev–Trinajstić information content (AvgIpc) is 2.93. The number of carbonyl (C=O) groups is 3. The molecule has 1 aliphatic rings. The zero-order valence-corrected chi connectivity index (χ0v) is 16.5. The number of rotatable bonds is 6. The van der Waals surface area contributed by atoms with Crippen molar-refractivity contribution in [1.29, 1.82) is 0 Å². The van der Waals surface area contributed by atoms with Crippen LogP contribution < -0.4 is 5.11 Å². The Morgan fingerprint density at radius 2 is 1.72 bits per heavy atom. The molecule has 0 radical (unpaired) electrons. The van der Waals surface area contributed by atoms with E-state index in [9.17, 15) is 24.6 Å². The van der Waals surface area contributed by atoms with E-state index in [-0.39, 0.29) is 30.7 Å². The van der Waals surface area contributed by atoms with Gasteiger partial charge in [0, 0.05) is 23.1 Å². The monoisotopic (exact) mass is 412 g/mol. The van der Waals surface area contributed by atoms with Crippen LogP contribution in [-0.2, 0) is 14.4 Å². The highest BCUT2D eigenvalue weighted by Gasteiger charge is 2.45. The Bertz CT molecular complexity index is 979. The quantitative estimate of drug-likeness (QED) is 0.446. The molecule has 2 aromatic carbocycles. The van der Waals surface area contributed by atoms with Gasteiger partial charge >= 0.3 is 0 Å². The number of aryl methyl sites for hydroxylation is 1. The molecule has 0 saturated carbocycles. The van der Waals surface area contributed by atoms with Crippen molar-refractivity contribution in [3.8, 4) is 0 Å². The van der Waals surface area contributed by atoms with Gasteiger partial charge in [-0.15, -0.1) is 0 Å². The first-order valence-corrected chi connectivity index (χ1v) is 9.48. The van der Waals surface area contributed by atoms with Crippen molar-refractivity contribution < 1.29 is 24.6 Å². The van der Waals surface area contributed by atoms with Crippen molar-refractivity contribution in [1.82, 2.24) is 4.90 Å². The minimum Gasteiger partial charge on any atom is -0.550 e. The number of carbonyl (C=O) groups excluding carboxylic acids is 3. The SMILES string of the molecule is Cc1ccc([C@H]2C(=C(O)c3ccc(Cl)cc3)C(=O)C(=O)N2CCCC(=O)[O-])cc1. The van der Waals surface area contributed by atoms with E-state index in [4.69, 9.17) is 11.6 Å². The van der Waals surface area contributed by atoms with E-state index < -0.39 is 23.7 Å². The number of aliphatic hydroxyl groups is 1. The van der Waals surface area contributed by atoms with Gasteiger partial charge in [0.25, 0.3) is 11.7 Å². The summed E-state index contributed by atoms with van der Waals surface area (Å²) in [6, 6.07) is 12.7. The normalized spacial score (nSPS) is 18.3. The van der Waals surface area contributed by atoms with Crippen molar-refractivity contribution in [2.45, 2.75) is 25.8 Å². The summed E-state index contributed by atoms with van der Waals surface area (Å²) in [5.74, 6) is -3.11. The molecule has 1 heterocycles. The van der Waals surface area contributed by atoms with E-state index in [1.807, 2.05) is 19.1 Å². The third kappa shape index (κ3) is 4.32.